The van der Waals surface area contributed by atoms with E-state index in [2.05, 4.69) is 4.74 Å². The molecule has 0 radical (unpaired) electrons. The maximum atomic E-state index is 13.1. The van der Waals surface area contributed by atoms with Crippen LogP contribution in [0.15, 0.2) is 18.2 Å². The lowest BCUT2D eigenvalue weighted by molar-refractivity contribution is -0.142. The Morgan fingerprint density at radius 2 is 2.47 bits per heavy atom. The van der Waals surface area contributed by atoms with E-state index < -0.39 is 17.8 Å². The van der Waals surface area contributed by atoms with Gasteiger partial charge in [-0.15, -0.1) is 0 Å². The van der Waals surface area contributed by atoms with Crippen molar-refractivity contribution < 1.29 is 15.3 Å². The molecule has 1 aromatic rings. The van der Waals surface area contributed by atoms with Crippen LogP contribution in [0, 0.1) is 12.7 Å². The van der Waals surface area contributed by atoms with E-state index in [0.717, 1.165) is 5.56 Å². The zero-order chi connectivity index (χ0) is 12.1. The summed E-state index contributed by atoms with van der Waals surface area (Å²) in [4.78, 5) is 11.1. The number of aryl methyl sites for hydroxylation is 1. The molecule has 0 fully saturated rings. The van der Waals surface area contributed by atoms with Crippen molar-refractivity contribution in [1.29, 1.82) is 0 Å². The number of rotatable bonds is 3. The molecule has 0 aromatic heterocycles. The summed E-state index contributed by atoms with van der Waals surface area (Å²) in [6.45, 7) is -0.132. The number of hydrogen-bond donors (Lipinski definition) is 1. The molecular weight excluding hydrogens is 197 g/mol. The minimum Gasteiger partial charge on any atom is -0.468 e. The highest BCUT2D eigenvalue weighted by Crippen LogP contribution is 2.10. The van der Waals surface area contributed by atoms with Crippen molar-refractivity contribution in [3.63, 3.8) is 0 Å². The Morgan fingerprint density at radius 3 is 3.07 bits per heavy atom. The van der Waals surface area contributed by atoms with Crippen molar-refractivity contribution in [1.82, 2.24) is 0 Å². The molecule has 2 N–H and O–H groups in total. The molecule has 0 aliphatic carbocycles. The van der Waals surface area contributed by atoms with Gasteiger partial charge in [0.1, 0.15) is 11.9 Å². The summed E-state index contributed by atoms with van der Waals surface area (Å²) in [5.74, 6) is -0.915. The van der Waals surface area contributed by atoms with E-state index in [0.29, 0.717) is 5.56 Å². The Morgan fingerprint density at radius 1 is 1.73 bits per heavy atom. The highest BCUT2D eigenvalue weighted by atomic mass is 19.1. The molecular formula is C11H14FNO2. The van der Waals surface area contributed by atoms with Crippen LogP contribution in [0.2, 0.25) is 0 Å². The van der Waals surface area contributed by atoms with Gasteiger partial charge in [-0.25, -0.2) is 4.39 Å². The SMILES string of the molecule is [2H]Cc1cc(C[C@H](N)C(=O)OC)ccc1F. The number of benzene rings is 1. The van der Waals surface area contributed by atoms with Gasteiger partial charge in [-0.1, -0.05) is 12.1 Å². The lowest BCUT2D eigenvalue weighted by Gasteiger charge is -2.09. The van der Waals surface area contributed by atoms with Crippen molar-refractivity contribution in [2.75, 3.05) is 7.11 Å². The Hall–Kier alpha value is -1.42. The van der Waals surface area contributed by atoms with E-state index in [9.17, 15) is 9.18 Å². The summed E-state index contributed by atoms with van der Waals surface area (Å²) in [5.41, 5.74) is 6.60. The molecule has 82 valence electrons. The summed E-state index contributed by atoms with van der Waals surface area (Å²) < 4.78 is 24.7. The molecule has 0 unspecified atom stereocenters. The maximum absolute atomic E-state index is 13.1. The van der Waals surface area contributed by atoms with Gasteiger partial charge in [0.25, 0.3) is 0 Å². The predicted octanol–water partition coefficient (Wildman–Crippen LogP) is 1.18. The lowest BCUT2D eigenvalue weighted by atomic mass is 10.0. The van der Waals surface area contributed by atoms with Gasteiger partial charge < -0.3 is 10.5 Å². The van der Waals surface area contributed by atoms with Gasteiger partial charge in [0.2, 0.25) is 0 Å². The minimum absolute atomic E-state index is 0.132. The molecule has 1 atom stereocenters. The van der Waals surface area contributed by atoms with Gasteiger partial charge >= 0.3 is 5.97 Å². The van der Waals surface area contributed by atoms with Gasteiger partial charge in [-0.3, -0.25) is 4.79 Å². The first-order valence-electron chi connectivity index (χ1n) is 5.19. The van der Waals surface area contributed by atoms with Crippen LogP contribution in [0.5, 0.6) is 0 Å². The molecule has 0 saturated carbocycles. The van der Waals surface area contributed by atoms with Crippen LogP contribution < -0.4 is 5.73 Å². The first-order chi connectivity index (χ1) is 7.58. The number of carbonyl (C=O) groups is 1. The largest absolute Gasteiger partial charge is 0.468 e. The summed E-state index contributed by atoms with van der Waals surface area (Å²) in [7, 11) is 1.27. The van der Waals surface area contributed by atoms with E-state index in [4.69, 9.17) is 7.10 Å². The molecule has 15 heavy (non-hydrogen) atoms. The normalized spacial score (nSPS) is 13.1. The van der Waals surface area contributed by atoms with Gasteiger partial charge in [0.15, 0.2) is 0 Å². The topological polar surface area (TPSA) is 52.3 Å². The fourth-order valence-electron chi connectivity index (χ4n) is 1.24. The molecule has 0 amide bonds. The second-order valence-electron chi connectivity index (χ2n) is 3.26. The van der Waals surface area contributed by atoms with Crippen LogP contribution in [0.1, 0.15) is 12.5 Å². The molecule has 0 aliphatic rings. The van der Waals surface area contributed by atoms with Crippen LogP contribution in [0.4, 0.5) is 4.39 Å². The molecule has 4 heteroatoms. The smallest absolute Gasteiger partial charge is 0.322 e. The summed E-state index contributed by atoms with van der Waals surface area (Å²) in [6, 6.07) is 3.63. The van der Waals surface area contributed by atoms with E-state index in [1.165, 1.54) is 13.2 Å². The highest BCUT2D eigenvalue weighted by Gasteiger charge is 2.14. The maximum Gasteiger partial charge on any atom is 0.322 e. The summed E-state index contributed by atoms with van der Waals surface area (Å²) in [6.07, 6.45) is 0.278. The standard InChI is InChI=1S/C11H14FNO2/c1-7-5-8(3-4-9(7)12)6-10(13)11(14)15-2/h3-5,10H,6,13H2,1-2H3/t10-/m0/s1/i1D. The Balaban J connectivity index is 2.78. The van der Waals surface area contributed by atoms with Crippen molar-refractivity contribution in [2.45, 2.75) is 19.4 Å². The van der Waals surface area contributed by atoms with Crippen LogP contribution in [0.3, 0.4) is 0 Å². The van der Waals surface area contributed by atoms with Crippen molar-refractivity contribution in [3.8, 4) is 0 Å². The third-order valence-electron chi connectivity index (χ3n) is 2.07. The second kappa shape index (κ2) is 4.89. The molecule has 3 nitrogen and oxygen atoms in total. The van der Waals surface area contributed by atoms with E-state index >= 15 is 0 Å². The minimum atomic E-state index is -0.756. The van der Waals surface area contributed by atoms with Crippen LogP contribution in [0.25, 0.3) is 0 Å². The molecule has 0 saturated heterocycles. The van der Waals surface area contributed by atoms with Crippen LogP contribution in [-0.2, 0) is 16.0 Å². The zero-order valence-electron chi connectivity index (χ0n) is 9.50. The third kappa shape index (κ3) is 3.02. The van der Waals surface area contributed by atoms with Crippen molar-refractivity contribution in [2.24, 2.45) is 5.73 Å². The predicted molar refractivity (Wildman–Crippen MR) is 54.8 cm³/mol. The van der Waals surface area contributed by atoms with E-state index in [1.807, 2.05) is 0 Å². The lowest BCUT2D eigenvalue weighted by Crippen LogP contribution is -2.33. The van der Waals surface area contributed by atoms with Gasteiger partial charge in [0, 0.05) is 1.37 Å². The van der Waals surface area contributed by atoms with Crippen LogP contribution >= 0.6 is 0 Å². The number of carbonyl (C=O) groups excluding carboxylic acids is 1. The molecule has 0 spiro atoms. The highest BCUT2D eigenvalue weighted by molar-refractivity contribution is 5.75. The average molecular weight is 212 g/mol. The van der Waals surface area contributed by atoms with E-state index in [1.54, 1.807) is 12.1 Å². The van der Waals surface area contributed by atoms with Gasteiger partial charge in [0.05, 0.1) is 7.11 Å². The molecule has 1 rings (SSSR count). The zero-order valence-corrected chi connectivity index (χ0v) is 8.50. The Labute approximate surface area is 89.4 Å². The van der Waals surface area contributed by atoms with E-state index in [-0.39, 0.29) is 13.3 Å². The Bertz CT molecular complexity index is 384. The number of nitrogens with two attached hydrogens (primary N) is 1. The Kier molecular flexibility index (Phi) is 3.29. The monoisotopic (exact) mass is 212 g/mol. The second-order valence-corrected chi connectivity index (χ2v) is 3.26. The molecule has 0 bridgehead atoms. The van der Waals surface area contributed by atoms with Gasteiger partial charge in [-0.05, 0) is 30.5 Å². The fraction of sp³-hybridized carbons (Fsp3) is 0.364. The summed E-state index contributed by atoms with van der Waals surface area (Å²) in [5, 5.41) is 0. The quantitative estimate of drug-likeness (QED) is 0.765. The van der Waals surface area contributed by atoms with Crippen LogP contribution in [-0.4, -0.2) is 19.1 Å². The summed E-state index contributed by atoms with van der Waals surface area (Å²) >= 11 is 0. The average Bonchev–Trinajstić information content (AvgIpc) is 2.30. The van der Waals surface area contributed by atoms with Crippen molar-refractivity contribution >= 4 is 5.97 Å². The fourth-order valence-corrected chi connectivity index (χ4v) is 1.24. The molecule has 0 aliphatic heterocycles. The number of ether oxygens (including phenoxy) is 1. The molecule has 0 heterocycles. The van der Waals surface area contributed by atoms with Crippen molar-refractivity contribution in [3.05, 3.63) is 35.1 Å². The number of esters is 1. The van der Waals surface area contributed by atoms with Gasteiger partial charge in [-0.2, -0.15) is 0 Å². The number of halogens is 1. The number of hydrogen-bond acceptors (Lipinski definition) is 3. The third-order valence-corrected chi connectivity index (χ3v) is 2.07. The first kappa shape index (κ1) is 10.1. The first-order valence-corrected chi connectivity index (χ1v) is 4.48. The molecule has 1 aromatic carbocycles. The number of methoxy groups -OCH3 is 1.